The van der Waals surface area contributed by atoms with E-state index in [1.165, 1.54) is 6.42 Å². The molecule has 0 bridgehead atoms. The zero-order valence-corrected chi connectivity index (χ0v) is 29.1. The Bertz CT molecular complexity index is 1470. The van der Waals surface area contributed by atoms with Crippen molar-refractivity contribution in [2.45, 2.75) is 117 Å². The van der Waals surface area contributed by atoms with E-state index in [1.54, 1.807) is 52.8 Å². The van der Waals surface area contributed by atoms with Gasteiger partial charge in [0.05, 0.1) is 12.6 Å². The number of rotatable bonds is 9. The van der Waals surface area contributed by atoms with Crippen molar-refractivity contribution in [3.8, 4) is 0 Å². The number of carbonyl (C=O) groups excluding carboxylic acids is 4. The number of anilines is 1. The Kier molecular flexibility index (Phi) is 11.4. The quantitative estimate of drug-likeness (QED) is 0.268. The van der Waals surface area contributed by atoms with E-state index in [0.29, 0.717) is 60.4 Å². The number of alkyl carbamates (subject to hydrolysis) is 1. The molecule has 2 aromatic rings. The molecule has 3 fully saturated rings. The normalized spacial score (nSPS) is 24.2. The smallest absolute Gasteiger partial charge is 0.407 e. The van der Waals surface area contributed by atoms with Crippen LogP contribution in [0, 0.1) is 30.6 Å². The Labute approximate surface area is 282 Å². The van der Waals surface area contributed by atoms with Crippen LogP contribution in [-0.2, 0) is 19.1 Å². The molecule has 2 saturated carbocycles. The second-order valence-electron chi connectivity index (χ2n) is 14.8. The molecule has 1 aromatic carbocycles. The van der Waals surface area contributed by atoms with E-state index in [2.05, 4.69) is 10.6 Å². The van der Waals surface area contributed by atoms with Crippen molar-refractivity contribution in [3.63, 3.8) is 0 Å². The topological polar surface area (TPSA) is 127 Å². The molecule has 3 amide bonds. The van der Waals surface area contributed by atoms with Gasteiger partial charge in [0, 0.05) is 29.1 Å². The number of furan rings is 1. The molecule has 1 aromatic heterocycles. The molecular weight excluding hydrogens is 617 g/mol. The summed E-state index contributed by atoms with van der Waals surface area (Å²) in [4.78, 5) is 54.8. The summed E-state index contributed by atoms with van der Waals surface area (Å²) in [6.07, 6.45) is 8.13. The third kappa shape index (κ3) is 8.14. The van der Waals surface area contributed by atoms with E-state index in [9.17, 15) is 23.6 Å². The van der Waals surface area contributed by atoms with Crippen LogP contribution in [-0.4, -0.2) is 66.3 Å². The minimum absolute atomic E-state index is 0.0102. The lowest BCUT2D eigenvalue weighted by molar-refractivity contribution is -0.142. The number of alkyl halides is 1. The van der Waals surface area contributed by atoms with Crippen molar-refractivity contribution in [2.75, 3.05) is 25.1 Å². The third-order valence-electron chi connectivity index (χ3n) is 10.5. The summed E-state index contributed by atoms with van der Waals surface area (Å²) in [6.45, 7) is 8.89. The van der Waals surface area contributed by atoms with Crippen molar-refractivity contribution in [2.24, 2.45) is 23.7 Å². The lowest BCUT2D eigenvalue weighted by Crippen LogP contribution is -2.50. The van der Waals surface area contributed by atoms with Gasteiger partial charge >= 0.3 is 12.1 Å². The summed E-state index contributed by atoms with van der Waals surface area (Å²) in [5, 5.41) is 6.51. The highest BCUT2D eigenvalue weighted by molar-refractivity contribution is 6.01. The molecule has 1 saturated heterocycles. The van der Waals surface area contributed by atoms with Crippen LogP contribution in [0.2, 0.25) is 0 Å². The summed E-state index contributed by atoms with van der Waals surface area (Å²) in [5.74, 6) is -0.472. The largest absolute Gasteiger partial charge is 0.460 e. The van der Waals surface area contributed by atoms with E-state index in [4.69, 9.17) is 13.9 Å². The maximum absolute atomic E-state index is 14.2. The van der Waals surface area contributed by atoms with Crippen LogP contribution in [0.25, 0.3) is 11.0 Å². The minimum Gasteiger partial charge on any atom is -0.460 e. The van der Waals surface area contributed by atoms with E-state index in [1.807, 2.05) is 4.90 Å². The van der Waals surface area contributed by atoms with E-state index in [-0.39, 0.29) is 41.9 Å². The number of fused-ring (bicyclic) bond motifs is 1. The molecule has 0 unspecified atom stereocenters. The first-order valence-corrected chi connectivity index (χ1v) is 17.8. The molecule has 264 valence electrons. The van der Waals surface area contributed by atoms with E-state index < -0.39 is 36.4 Å². The number of nitrogens with one attached hydrogen (secondary N) is 2. The minimum atomic E-state index is -0.700. The first-order chi connectivity index (χ1) is 22.9. The maximum Gasteiger partial charge on any atom is 0.407 e. The van der Waals surface area contributed by atoms with Gasteiger partial charge in [0.25, 0.3) is 0 Å². The molecule has 3 aliphatic rings. The number of nitrogens with zero attached hydrogens (tertiary/aromatic N) is 1. The number of carbonyl (C=O) groups is 4. The van der Waals surface area contributed by atoms with Crippen LogP contribution in [0.5, 0.6) is 0 Å². The fraction of sp³-hybridized carbons (Fsp3) is 0.676. The van der Waals surface area contributed by atoms with Gasteiger partial charge in [-0.25, -0.2) is 14.0 Å². The summed E-state index contributed by atoms with van der Waals surface area (Å²) in [6, 6.07) is 4.04. The Morgan fingerprint density at radius 2 is 1.73 bits per heavy atom. The fourth-order valence-corrected chi connectivity index (χ4v) is 8.11. The molecule has 2 aliphatic carbocycles. The molecule has 3 atom stereocenters. The predicted molar refractivity (Wildman–Crippen MR) is 180 cm³/mol. The van der Waals surface area contributed by atoms with Crippen LogP contribution in [0.1, 0.15) is 108 Å². The van der Waals surface area contributed by atoms with Crippen molar-refractivity contribution in [1.82, 2.24) is 10.2 Å². The molecule has 2 heterocycles. The Morgan fingerprint density at radius 1 is 1.02 bits per heavy atom. The maximum atomic E-state index is 14.2. The van der Waals surface area contributed by atoms with Gasteiger partial charge in [-0.2, -0.15) is 0 Å². The summed E-state index contributed by atoms with van der Waals surface area (Å²) >= 11 is 0. The van der Waals surface area contributed by atoms with Gasteiger partial charge in [0.15, 0.2) is 0 Å². The average Bonchev–Trinajstić information content (AvgIpc) is 3.65. The number of ether oxygens (including phenoxy) is 2. The SMILES string of the molecule is CCOC(=O)c1oc2ccc(NC(=O)[C@@H]3[C@H](C4CCCCC4)CCN3C(=O)C3CCC([C@@H](CF)NC(=O)OC(C)(C)C)CC3)cc2c1C. The second-order valence-corrected chi connectivity index (χ2v) is 14.8. The lowest BCUT2D eigenvalue weighted by Gasteiger charge is -2.37. The summed E-state index contributed by atoms with van der Waals surface area (Å²) in [7, 11) is 0. The van der Waals surface area contributed by atoms with Crippen LogP contribution < -0.4 is 10.6 Å². The van der Waals surface area contributed by atoms with Crippen LogP contribution >= 0.6 is 0 Å². The lowest BCUT2D eigenvalue weighted by atomic mass is 9.76. The van der Waals surface area contributed by atoms with Gasteiger partial charge in [0.2, 0.25) is 17.6 Å². The van der Waals surface area contributed by atoms with Crippen LogP contribution in [0.3, 0.4) is 0 Å². The standard InChI is InChI=1S/C37H52FN3O7/c1-6-46-35(44)32-22(2)28-20-26(16-17-30(28)47-32)39-33(42)31-27(23-10-8-7-9-11-23)18-19-41(31)34(43)25-14-12-24(13-15-25)29(21-38)40-36(45)48-37(3,4)5/h16-17,20,23-25,27,29,31H,6-15,18-19,21H2,1-5H3,(H,39,42)(H,40,45)/t24?,25?,27-,29+,31-/m0/s1. The molecule has 5 rings (SSSR count). The first kappa shape index (κ1) is 35.7. The predicted octanol–water partition coefficient (Wildman–Crippen LogP) is 7.32. The van der Waals surface area contributed by atoms with Gasteiger partial charge in [0.1, 0.15) is 23.9 Å². The van der Waals surface area contributed by atoms with E-state index in [0.717, 1.165) is 32.1 Å². The molecule has 0 radical (unpaired) electrons. The van der Waals surface area contributed by atoms with Gasteiger partial charge in [-0.3, -0.25) is 9.59 Å². The highest BCUT2D eigenvalue weighted by Gasteiger charge is 2.47. The Morgan fingerprint density at radius 3 is 2.38 bits per heavy atom. The van der Waals surface area contributed by atoms with Gasteiger partial charge in [-0.15, -0.1) is 0 Å². The first-order valence-electron chi connectivity index (χ1n) is 17.8. The van der Waals surface area contributed by atoms with Crippen LogP contribution in [0.4, 0.5) is 14.9 Å². The van der Waals surface area contributed by atoms with Gasteiger partial charge < -0.3 is 29.4 Å². The third-order valence-corrected chi connectivity index (χ3v) is 10.5. The number of aryl methyl sites for hydroxylation is 1. The molecule has 0 spiro atoms. The fourth-order valence-electron chi connectivity index (χ4n) is 8.11. The zero-order chi connectivity index (χ0) is 34.6. The molecule has 2 N–H and O–H groups in total. The number of esters is 1. The Balaban J connectivity index is 1.29. The van der Waals surface area contributed by atoms with Gasteiger partial charge in [-0.05, 0) is 103 Å². The zero-order valence-electron chi connectivity index (χ0n) is 29.1. The molecule has 1 aliphatic heterocycles. The number of likely N-dealkylation sites (tertiary alicyclic amines) is 1. The number of hydrogen-bond donors (Lipinski definition) is 2. The number of benzene rings is 1. The van der Waals surface area contributed by atoms with E-state index >= 15 is 0 Å². The molecule has 10 nitrogen and oxygen atoms in total. The second kappa shape index (κ2) is 15.3. The van der Waals surface area contributed by atoms with Crippen LogP contribution in [0.15, 0.2) is 22.6 Å². The number of amides is 3. The summed E-state index contributed by atoms with van der Waals surface area (Å²) in [5.41, 5.74) is 1.06. The monoisotopic (exact) mass is 669 g/mol. The van der Waals surface area contributed by atoms with Crippen molar-refractivity contribution >= 4 is 40.5 Å². The number of halogens is 1. The Hall–Kier alpha value is -3.63. The molecule has 48 heavy (non-hydrogen) atoms. The number of hydrogen-bond acceptors (Lipinski definition) is 7. The summed E-state index contributed by atoms with van der Waals surface area (Å²) < 4.78 is 30.3. The molecular formula is C37H52FN3O7. The van der Waals surface area contributed by atoms with Crippen molar-refractivity contribution in [3.05, 3.63) is 29.5 Å². The average molecular weight is 670 g/mol. The highest BCUT2D eigenvalue weighted by Crippen LogP contribution is 2.41. The molecule has 11 heteroatoms. The highest BCUT2D eigenvalue weighted by atomic mass is 19.1. The van der Waals surface area contributed by atoms with Crippen molar-refractivity contribution < 1.29 is 37.5 Å². The van der Waals surface area contributed by atoms with Crippen molar-refractivity contribution in [1.29, 1.82) is 0 Å². The van der Waals surface area contributed by atoms with Gasteiger partial charge in [-0.1, -0.05) is 32.1 Å².